The molecule has 0 saturated heterocycles. The van der Waals surface area contributed by atoms with Crippen molar-refractivity contribution < 1.29 is 9.90 Å². The van der Waals surface area contributed by atoms with Gasteiger partial charge in [-0.05, 0) is 44.1 Å². The number of rotatable bonds is 5. The molecule has 0 unspecified atom stereocenters. The smallest absolute Gasteiger partial charge is 0.234 e. The molecule has 0 bridgehead atoms. The lowest BCUT2D eigenvalue weighted by atomic mass is 9.97. The summed E-state index contributed by atoms with van der Waals surface area (Å²) < 4.78 is 2.04. The lowest BCUT2D eigenvalue weighted by Gasteiger charge is -2.24. The van der Waals surface area contributed by atoms with Crippen LogP contribution >= 0.6 is 0 Å². The van der Waals surface area contributed by atoms with Crippen LogP contribution in [0.4, 0.5) is 0 Å². The second-order valence-electron chi connectivity index (χ2n) is 8.74. The number of aliphatic hydroxyl groups is 1. The fraction of sp³-hybridized carbons (Fsp3) is 0.810. The van der Waals surface area contributed by atoms with E-state index in [-0.39, 0.29) is 5.91 Å². The van der Waals surface area contributed by atoms with E-state index < -0.39 is 6.10 Å². The van der Waals surface area contributed by atoms with Crippen LogP contribution in [0.2, 0.25) is 0 Å². The molecule has 2 aliphatic carbocycles. The van der Waals surface area contributed by atoms with Crippen molar-refractivity contribution in [3.63, 3.8) is 0 Å². The molecule has 2 fully saturated rings. The quantitative estimate of drug-likeness (QED) is 0.831. The minimum atomic E-state index is -0.416. The molecule has 0 aromatic carbocycles. The Morgan fingerprint density at radius 2 is 1.85 bits per heavy atom. The van der Waals surface area contributed by atoms with E-state index in [4.69, 9.17) is 0 Å². The highest BCUT2D eigenvalue weighted by molar-refractivity contribution is 5.78. The number of nitrogens with one attached hydrogen (secondary N) is 1. The third kappa shape index (κ3) is 5.11. The first-order valence-corrected chi connectivity index (χ1v) is 11.0. The van der Waals surface area contributed by atoms with Crippen LogP contribution in [0.5, 0.6) is 0 Å². The first-order valence-electron chi connectivity index (χ1n) is 11.0. The van der Waals surface area contributed by atoms with Crippen molar-refractivity contribution in [1.82, 2.24) is 20.0 Å². The van der Waals surface area contributed by atoms with Crippen LogP contribution in [0.3, 0.4) is 0 Å². The maximum absolute atomic E-state index is 12.6. The van der Waals surface area contributed by atoms with Gasteiger partial charge in [0, 0.05) is 25.7 Å². The molecular weight excluding hydrogens is 340 g/mol. The molecule has 1 aliphatic heterocycles. The monoisotopic (exact) mass is 374 g/mol. The Morgan fingerprint density at radius 1 is 1.11 bits per heavy atom. The van der Waals surface area contributed by atoms with Crippen molar-refractivity contribution >= 4 is 5.91 Å². The van der Waals surface area contributed by atoms with Crippen LogP contribution in [0.1, 0.15) is 81.7 Å². The van der Waals surface area contributed by atoms with Gasteiger partial charge in [-0.15, -0.1) is 0 Å². The van der Waals surface area contributed by atoms with Gasteiger partial charge < -0.3 is 10.4 Å². The van der Waals surface area contributed by atoms with E-state index in [0.717, 1.165) is 63.1 Å². The molecule has 2 saturated carbocycles. The highest BCUT2D eigenvalue weighted by atomic mass is 16.3. The van der Waals surface area contributed by atoms with E-state index in [2.05, 4.69) is 15.3 Å². The summed E-state index contributed by atoms with van der Waals surface area (Å²) in [7, 11) is 0. The number of fused-ring (bicyclic) bond motifs is 1. The molecule has 3 aliphatic rings. The molecule has 6 nitrogen and oxygen atoms in total. The summed E-state index contributed by atoms with van der Waals surface area (Å²) in [5, 5.41) is 18.3. The summed E-state index contributed by atoms with van der Waals surface area (Å²) in [6.07, 6.45) is 11.5. The summed E-state index contributed by atoms with van der Waals surface area (Å²) in [5.41, 5.74) is 1.94. The van der Waals surface area contributed by atoms with Crippen molar-refractivity contribution in [3.8, 4) is 0 Å². The fourth-order valence-corrected chi connectivity index (χ4v) is 4.56. The summed E-state index contributed by atoms with van der Waals surface area (Å²) in [4.78, 5) is 14.8. The number of hydrogen-bond acceptors (Lipinski definition) is 4. The minimum absolute atomic E-state index is 0.159. The van der Waals surface area contributed by atoms with E-state index in [1.54, 1.807) is 0 Å². The highest BCUT2D eigenvalue weighted by Gasteiger charge is 2.33. The SMILES string of the molecule is O=C(CN1CCCn2nc([C@H](O)C3CC3)cc2C1)NC1CCCCCCC1. The molecule has 27 heavy (non-hydrogen) atoms. The molecular formula is C21H34N4O2. The lowest BCUT2D eigenvalue weighted by molar-refractivity contribution is -0.123. The van der Waals surface area contributed by atoms with E-state index in [1.807, 2.05) is 10.7 Å². The van der Waals surface area contributed by atoms with Crippen LogP contribution in [0.15, 0.2) is 6.07 Å². The van der Waals surface area contributed by atoms with Crippen LogP contribution in [-0.4, -0.2) is 44.8 Å². The number of carbonyl (C=O) groups is 1. The van der Waals surface area contributed by atoms with Gasteiger partial charge in [-0.2, -0.15) is 5.10 Å². The third-order valence-corrected chi connectivity index (χ3v) is 6.32. The van der Waals surface area contributed by atoms with Gasteiger partial charge >= 0.3 is 0 Å². The molecule has 0 radical (unpaired) electrons. The van der Waals surface area contributed by atoms with E-state index >= 15 is 0 Å². The largest absolute Gasteiger partial charge is 0.386 e. The Balaban J connectivity index is 1.32. The zero-order valence-electron chi connectivity index (χ0n) is 16.4. The number of nitrogens with zero attached hydrogens (tertiary/aromatic N) is 3. The van der Waals surface area contributed by atoms with Crippen molar-refractivity contribution in [3.05, 3.63) is 17.5 Å². The van der Waals surface area contributed by atoms with Gasteiger partial charge in [0.2, 0.25) is 5.91 Å². The second kappa shape index (κ2) is 8.74. The van der Waals surface area contributed by atoms with Gasteiger partial charge in [0.25, 0.3) is 0 Å². The van der Waals surface area contributed by atoms with Crippen LogP contribution < -0.4 is 5.32 Å². The van der Waals surface area contributed by atoms with Gasteiger partial charge in [-0.25, -0.2) is 0 Å². The average molecular weight is 375 g/mol. The fourth-order valence-electron chi connectivity index (χ4n) is 4.56. The van der Waals surface area contributed by atoms with Crippen molar-refractivity contribution in [2.24, 2.45) is 5.92 Å². The van der Waals surface area contributed by atoms with Crippen LogP contribution in [0, 0.1) is 5.92 Å². The zero-order valence-corrected chi connectivity index (χ0v) is 16.4. The molecule has 6 heteroatoms. The average Bonchev–Trinajstić information content (AvgIpc) is 3.41. The second-order valence-corrected chi connectivity index (χ2v) is 8.74. The number of aromatic nitrogens is 2. The van der Waals surface area contributed by atoms with Crippen LogP contribution in [0.25, 0.3) is 0 Å². The Kier molecular flexibility index (Phi) is 6.13. The molecule has 0 spiro atoms. The van der Waals surface area contributed by atoms with Crippen molar-refractivity contribution in [2.45, 2.75) is 89.4 Å². The van der Waals surface area contributed by atoms with Gasteiger partial charge in [0.15, 0.2) is 0 Å². The molecule has 2 N–H and O–H groups in total. The molecule has 1 aromatic rings. The number of aryl methyl sites for hydroxylation is 1. The molecule has 2 heterocycles. The predicted molar refractivity (Wildman–Crippen MR) is 104 cm³/mol. The molecule has 4 rings (SSSR count). The lowest BCUT2D eigenvalue weighted by Crippen LogP contribution is -2.42. The van der Waals surface area contributed by atoms with Crippen LogP contribution in [-0.2, 0) is 17.9 Å². The summed E-state index contributed by atoms with van der Waals surface area (Å²) in [6, 6.07) is 2.41. The van der Waals surface area contributed by atoms with Crippen molar-refractivity contribution in [2.75, 3.05) is 13.1 Å². The first-order chi connectivity index (χ1) is 13.2. The normalized spacial score (nSPS) is 23.7. The number of aliphatic hydroxyl groups excluding tert-OH is 1. The van der Waals surface area contributed by atoms with Crippen molar-refractivity contribution in [1.29, 1.82) is 0 Å². The summed E-state index contributed by atoms with van der Waals surface area (Å²) >= 11 is 0. The third-order valence-electron chi connectivity index (χ3n) is 6.32. The van der Waals surface area contributed by atoms with Gasteiger partial charge in [-0.1, -0.05) is 32.1 Å². The van der Waals surface area contributed by atoms with E-state index in [0.29, 0.717) is 18.5 Å². The van der Waals surface area contributed by atoms with Gasteiger partial charge in [-0.3, -0.25) is 14.4 Å². The summed E-state index contributed by atoms with van der Waals surface area (Å²) in [6.45, 7) is 2.99. The molecule has 1 atom stereocenters. The first kappa shape index (κ1) is 18.9. The van der Waals surface area contributed by atoms with E-state index in [9.17, 15) is 9.90 Å². The standard InChI is InChI=1S/C21H34N4O2/c26-20(22-17-7-4-2-1-3-5-8-17)15-24-11-6-12-25-18(14-24)13-19(23-25)21(27)16-9-10-16/h13,16-17,21,27H,1-12,14-15H2,(H,22,26)/t21-/m1/s1. The topological polar surface area (TPSA) is 70.4 Å². The zero-order chi connectivity index (χ0) is 18.6. The summed E-state index contributed by atoms with van der Waals surface area (Å²) in [5.74, 6) is 0.557. The Morgan fingerprint density at radius 3 is 2.59 bits per heavy atom. The highest BCUT2D eigenvalue weighted by Crippen LogP contribution is 2.40. The molecule has 150 valence electrons. The Bertz CT molecular complexity index is 632. The number of hydrogen-bond donors (Lipinski definition) is 2. The number of amides is 1. The minimum Gasteiger partial charge on any atom is -0.386 e. The molecule has 1 amide bonds. The van der Waals surface area contributed by atoms with Gasteiger partial charge in [0.05, 0.1) is 17.9 Å². The maximum atomic E-state index is 12.6. The molecule has 1 aromatic heterocycles. The maximum Gasteiger partial charge on any atom is 0.234 e. The predicted octanol–water partition coefficient (Wildman–Crippen LogP) is 2.76. The number of carbonyl (C=O) groups excluding carboxylic acids is 1. The van der Waals surface area contributed by atoms with Gasteiger partial charge in [0.1, 0.15) is 6.10 Å². The van der Waals surface area contributed by atoms with E-state index in [1.165, 1.54) is 32.1 Å². The Hall–Kier alpha value is -1.40. The Labute approximate surface area is 162 Å².